The molecular weight excluding hydrogens is 599 g/mol. The maximum atomic E-state index is 2.65. The van der Waals surface area contributed by atoms with Crippen LogP contribution in [0.15, 0.2) is 57.9 Å². The second-order valence-corrected chi connectivity index (χ2v) is 27.2. The van der Waals surface area contributed by atoms with Crippen LogP contribution < -0.4 is 24.8 Å². The van der Waals surface area contributed by atoms with Crippen molar-refractivity contribution in [3.8, 4) is 11.1 Å². The van der Waals surface area contributed by atoms with Gasteiger partial charge in [0.1, 0.15) is 0 Å². The van der Waals surface area contributed by atoms with Crippen LogP contribution in [0, 0.1) is 13.8 Å². The Morgan fingerprint density at radius 2 is 1.13 bits per heavy atom. The summed E-state index contributed by atoms with van der Waals surface area (Å²) >= 11 is -2.08. The number of hydrogen-bond donors (Lipinski definition) is 0. The molecule has 38 heavy (non-hydrogen) atoms. The Balaban J connectivity index is 0.00000168. The van der Waals surface area contributed by atoms with E-state index in [1.807, 2.05) is 3.28 Å². The first-order valence-corrected chi connectivity index (χ1v) is 23.0. The molecule has 0 spiro atoms. The zero-order valence-corrected chi connectivity index (χ0v) is 28.3. The predicted octanol–water partition coefficient (Wildman–Crippen LogP) is 4.28. The number of hydrogen-bond acceptors (Lipinski definition) is 0. The van der Waals surface area contributed by atoms with E-state index in [9.17, 15) is 0 Å². The first-order chi connectivity index (χ1) is 17.7. The third-order valence-corrected chi connectivity index (χ3v) is 32.9. The average molecular weight is 643 g/mol. The van der Waals surface area contributed by atoms with Gasteiger partial charge in [-0.25, -0.2) is 0 Å². The summed E-state index contributed by atoms with van der Waals surface area (Å²) in [5, 5.41) is 0. The summed E-state index contributed by atoms with van der Waals surface area (Å²) in [7, 11) is 0. The molecule has 0 radical (unpaired) electrons. The molecule has 4 aliphatic rings. The third kappa shape index (κ3) is 6.25. The summed E-state index contributed by atoms with van der Waals surface area (Å²) in [6.07, 6.45) is 27.1. The molecule has 2 fully saturated rings. The van der Waals surface area contributed by atoms with Crippen LogP contribution >= 0.6 is 0 Å². The van der Waals surface area contributed by atoms with Crippen LogP contribution in [0.4, 0.5) is 0 Å². The van der Waals surface area contributed by atoms with E-state index in [-0.39, 0.29) is 24.8 Å². The van der Waals surface area contributed by atoms with Crippen molar-refractivity contribution in [2.45, 2.75) is 112 Å². The first-order valence-electron chi connectivity index (χ1n) is 15.0. The van der Waals surface area contributed by atoms with E-state index in [2.05, 4.69) is 68.5 Å². The molecule has 0 N–H and O–H groups in total. The number of benzene rings is 2. The van der Waals surface area contributed by atoms with Crippen LogP contribution in [0.3, 0.4) is 0 Å². The second kappa shape index (κ2) is 14.0. The van der Waals surface area contributed by atoms with Gasteiger partial charge in [0.2, 0.25) is 0 Å². The third-order valence-electron chi connectivity index (χ3n) is 9.63. The van der Waals surface area contributed by atoms with Gasteiger partial charge in [-0.15, -0.1) is 0 Å². The molecular formula is C34H44Cl2SiZr. The first kappa shape index (κ1) is 30.6. The minimum absolute atomic E-state index is 0. The summed E-state index contributed by atoms with van der Waals surface area (Å²) in [6, 6.07) is 14.9. The van der Waals surface area contributed by atoms with E-state index >= 15 is 0 Å². The van der Waals surface area contributed by atoms with Crippen LogP contribution in [0.2, 0.25) is 11.1 Å². The minimum Gasteiger partial charge on any atom is -1.00 e. The summed E-state index contributed by atoms with van der Waals surface area (Å²) < 4.78 is 2.73. The Morgan fingerprint density at radius 3 is 1.55 bits per heavy atom. The molecule has 0 aromatic heterocycles. The molecule has 0 bridgehead atoms. The smallest absolute Gasteiger partial charge is 1.00 e. The van der Waals surface area contributed by atoms with Crippen LogP contribution in [-0.4, -0.2) is 5.43 Å². The van der Waals surface area contributed by atoms with E-state index in [0.717, 1.165) is 14.7 Å². The van der Waals surface area contributed by atoms with Crippen molar-refractivity contribution in [2.75, 3.05) is 0 Å². The Bertz CT molecular complexity index is 1140. The van der Waals surface area contributed by atoms with E-state index in [1.54, 1.807) is 47.9 Å². The van der Waals surface area contributed by atoms with Gasteiger partial charge in [-0.05, 0) is 0 Å². The fraction of sp³-hybridized carbons (Fsp3) is 0.529. The maximum Gasteiger partial charge on any atom is -1.00 e. The molecule has 0 saturated heterocycles. The van der Waals surface area contributed by atoms with Gasteiger partial charge in [-0.3, -0.25) is 0 Å². The molecule has 4 aliphatic carbocycles. The van der Waals surface area contributed by atoms with Gasteiger partial charge in [0.05, 0.1) is 0 Å². The van der Waals surface area contributed by atoms with Crippen molar-refractivity contribution >= 4 is 5.43 Å². The van der Waals surface area contributed by atoms with Crippen LogP contribution in [0.1, 0.15) is 109 Å². The monoisotopic (exact) mass is 640 g/mol. The summed E-state index contributed by atoms with van der Waals surface area (Å²) in [5.41, 5.74) is 11.3. The fourth-order valence-electron chi connectivity index (χ4n) is 7.95. The molecule has 0 aliphatic heterocycles. The number of fused-ring (bicyclic) bond motifs is 3. The van der Waals surface area contributed by atoms with Gasteiger partial charge < -0.3 is 24.8 Å². The topological polar surface area (TPSA) is 0 Å². The van der Waals surface area contributed by atoms with Crippen molar-refractivity contribution in [3.63, 3.8) is 0 Å². The van der Waals surface area contributed by atoms with Gasteiger partial charge in [-0.1, -0.05) is 0 Å². The molecule has 0 amide bonds. The average Bonchev–Trinajstić information content (AvgIpc) is 3.28. The zero-order chi connectivity index (χ0) is 24.5. The standard InChI is InChI=1S/C15H13.C14H26Si.C5H5.2ClH.Zr/c1-10-3-5-14-12(7-10)9-13-8-11(2)4-6-15(13)14;1-2-6-10-13(9-5-1)15-14-11-7-3-4-8-12-14;1-2-4-5-3-1;;;/h3-9H,1-2H3;13-14H,1-12H2;1-3H,4H2;2*1H;/q;;;;;+2/p-2. The Hall–Kier alpha value is -0.400. The molecule has 0 unspecified atom stereocenters. The molecule has 0 nitrogen and oxygen atoms in total. The molecule has 2 aromatic carbocycles. The number of allylic oxidation sites excluding steroid dienone is 4. The Morgan fingerprint density at radius 1 is 0.658 bits per heavy atom. The zero-order valence-electron chi connectivity index (χ0n) is 23.4. The quantitative estimate of drug-likeness (QED) is 0.345. The molecule has 0 atom stereocenters. The molecule has 2 aromatic rings. The van der Waals surface area contributed by atoms with Gasteiger partial charge in [0, 0.05) is 0 Å². The second-order valence-electron chi connectivity index (χ2n) is 12.2. The summed E-state index contributed by atoms with van der Waals surface area (Å²) in [5.74, 6) is 0. The van der Waals surface area contributed by atoms with Crippen LogP contribution in [0.5, 0.6) is 0 Å². The Kier molecular flexibility index (Phi) is 11.2. The number of halogens is 2. The molecule has 0 heterocycles. The molecule has 4 heteroatoms. The van der Waals surface area contributed by atoms with E-state index < -0.39 is 25.8 Å². The summed E-state index contributed by atoms with van der Waals surface area (Å²) in [4.78, 5) is 0. The molecule has 202 valence electrons. The number of aryl methyl sites for hydroxylation is 2. The fourth-order valence-corrected chi connectivity index (χ4v) is 36.3. The van der Waals surface area contributed by atoms with Crippen molar-refractivity contribution < 1.29 is 45.2 Å². The van der Waals surface area contributed by atoms with E-state index in [4.69, 9.17) is 0 Å². The van der Waals surface area contributed by atoms with E-state index in [1.165, 1.54) is 68.9 Å². The SMILES string of the molecule is Cc1ccc2c(c1)[CH]([Zr+2]([C]1=CC=CC1)=[Si](C1CCCCCC1)C1CCCCCC1)c1cc(C)ccc1-2.[Cl-].[Cl-]. The van der Waals surface area contributed by atoms with Gasteiger partial charge >= 0.3 is 229 Å². The minimum atomic E-state index is -2.08. The van der Waals surface area contributed by atoms with Crippen LogP contribution in [0.25, 0.3) is 11.1 Å². The number of rotatable bonds is 4. The normalized spacial score (nSPS) is 19.7. The van der Waals surface area contributed by atoms with Crippen molar-refractivity contribution in [1.29, 1.82) is 0 Å². The van der Waals surface area contributed by atoms with E-state index in [0.29, 0.717) is 0 Å². The van der Waals surface area contributed by atoms with Gasteiger partial charge in [0.25, 0.3) is 0 Å². The van der Waals surface area contributed by atoms with Crippen molar-refractivity contribution in [3.05, 3.63) is 80.2 Å². The van der Waals surface area contributed by atoms with Crippen molar-refractivity contribution in [1.82, 2.24) is 0 Å². The predicted molar refractivity (Wildman–Crippen MR) is 154 cm³/mol. The molecule has 2 saturated carbocycles. The maximum absolute atomic E-state index is 2.65. The largest absolute Gasteiger partial charge is 1.00 e. The van der Waals surface area contributed by atoms with Crippen molar-refractivity contribution in [2.24, 2.45) is 0 Å². The molecule has 6 rings (SSSR count). The summed E-state index contributed by atoms with van der Waals surface area (Å²) in [6.45, 7) is 4.65. The van der Waals surface area contributed by atoms with Crippen LogP contribution in [-0.2, 0) is 20.4 Å². The Labute approximate surface area is 252 Å². The van der Waals surface area contributed by atoms with Gasteiger partial charge in [0.15, 0.2) is 0 Å². The van der Waals surface area contributed by atoms with Gasteiger partial charge in [-0.2, -0.15) is 0 Å².